The molecule has 2 nitrogen and oxygen atoms in total. The van der Waals surface area contributed by atoms with E-state index in [2.05, 4.69) is 6.92 Å². The van der Waals surface area contributed by atoms with Crippen molar-refractivity contribution >= 4 is 31.1 Å². The summed E-state index contributed by atoms with van der Waals surface area (Å²) in [6, 6.07) is 3.36. The molecule has 1 rings (SSSR count). The maximum atomic E-state index is 10.8. The van der Waals surface area contributed by atoms with E-state index in [1.54, 1.807) is 6.07 Å². The predicted octanol–water partition coefficient (Wildman–Crippen LogP) is 2.63. The van der Waals surface area contributed by atoms with Gasteiger partial charge in [0, 0.05) is 15.6 Å². The Morgan fingerprint density at radius 3 is 2.58 bits per heavy atom. The molecule has 0 fully saturated rings. The van der Waals surface area contributed by atoms with Crippen molar-refractivity contribution in [1.29, 1.82) is 0 Å². The minimum atomic E-state index is -3.51. The largest absolute Gasteiger partial charge is 0.270 e. The number of rotatable bonds is 3. The first kappa shape index (κ1) is 10.0. The highest BCUT2D eigenvalue weighted by Crippen LogP contribution is 2.25. The minimum Gasteiger partial charge on any atom is -0.206 e. The third-order valence-electron chi connectivity index (χ3n) is 1.37. The average Bonchev–Trinajstić information content (AvgIpc) is 2.35. The molecule has 0 spiro atoms. The quantitative estimate of drug-likeness (QED) is 0.740. The normalized spacial score (nSPS) is 11.8. The number of halogens is 1. The van der Waals surface area contributed by atoms with Gasteiger partial charge in [-0.25, -0.2) is 8.42 Å². The van der Waals surface area contributed by atoms with Crippen LogP contribution in [0, 0.1) is 0 Å². The second-order valence-electron chi connectivity index (χ2n) is 2.41. The van der Waals surface area contributed by atoms with Crippen molar-refractivity contribution < 1.29 is 8.42 Å². The molecule has 1 aromatic heterocycles. The molecule has 0 saturated heterocycles. The zero-order valence-electron chi connectivity index (χ0n) is 6.58. The Labute approximate surface area is 80.6 Å². The molecule has 0 N–H and O–H groups in total. The van der Waals surface area contributed by atoms with Gasteiger partial charge in [0.15, 0.2) is 0 Å². The maximum absolute atomic E-state index is 10.8. The molecular formula is C7H9ClO2S2. The number of thiophene rings is 1. The molecule has 0 bridgehead atoms. The number of aryl methyl sites for hydroxylation is 1. The summed E-state index contributed by atoms with van der Waals surface area (Å²) >= 11 is 1.24. The van der Waals surface area contributed by atoms with Gasteiger partial charge in [-0.15, -0.1) is 11.3 Å². The fourth-order valence-electron chi connectivity index (χ4n) is 0.870. The van der Waals surface area contributed by atoms with Crippen molar-refractivity contribution in [2.45, 2.75) is 24.0 Å². The Bertz CT molecular complexity index is 353. The summed E-state index contributed by atoms with van der Waals surface area (Å²) in [6.45, 7) is 2.05. The molecule has 0 radical (unpaired) electrons. The molecule has 5 heteroatoms. The van der Waals surface area contributed by atoms with E-state index >= 15 is 0 Å². The van der Waals surface area contributed by atoms with Gasteiger partial charge in [-0.2, -0.15) is 0 Å². The van der Waals surface area contributed by atoms with Crippen LogP contribution in [0.1, 0.15) is 18.2 Å². The van der Waals surface area contributed by atoms with Crippen LogP contribution in [-0.4, -0.2) is 8.42 Å². The Kier molecular flexibility index (Phi) is 3.15. The SMILES string of the molecule is CCCc1ccc(S(=O)(=O)Cl)s1. The van der Waals surface area contributed by atoms with Crippen LogP contribution in [0.4, 0.5) is 0 Å². The topological polar surface area (TPSA) is 34.1 Å². The second-order valence-corrected chi connectivity index (χ2v) is 6.37. The number of hydrogen-bond donors (Lipinski definition) is 0. The van der Waals surface area contributed by atoms with Crippen LogP contribution < -0.4 is 0 Å². The van der Waals surface area contributed by atoms with E-state index in [0.717, 1.165) is 17.7 Å². The van der Waals surface area contributed by atoms with Gasteiger partial charge in [-0.3, -0.25) is 0 Å². The molecule has 0 aliphatic carbocycles. The van der Waals surface area contributed by atoms with Gasteiger partial charge in [0.1, 0.15) is 4.21 Å². The van der Waals surface area contributed by atoms with Gasteiger partial charge in [-0.05, 0) is 18.6 Å². The first-order chi connectivity index (χ1) is 5.54. The van der Waals surface area contributed by atoms with Gasteiger partial charge < -0.3 is 0 Å². The van der Waals surface area contributed by atoms with E-state index in [-0.39, 0.29) is 4.21 Å². The third-order valence-corrected chi connectivity index (χ3v) is 4.61. The zero-order chi connectivity index (χ0) is 9.19. The monoisotopic (exact) mass is 224 g/mol. The highest BCUT2D eigenvalue weighted by Gasteiger charge is 2.12. The molecule has 1 heterocycles. The van der Waals surface area contributed by atoms with Gasteiger partial charge in [-0.1, -0.05) is 13.3 Å². The molecule has 0 atom stereocenters. The molecule has 68 valence electrons. The van der Waals surface area contributed by atoms with Crippen molar-refractivity contribution in [1.82, 2.24) is 0 Å². The summed E-state index contributed by atoms with van der Waals surface area (Å²) < 4.78 is 21.9. The van der Waals surface area contributed by atoms with Crippen LogP contribution >= 0.6 is 22.0 Å². The van der Waals surface area contributed by atoms with Gasteiger partial charge in [0.25, 0.3) is 9.05 Å². The predicted molar refractivity (Wildman–Crippen MR) is 51.4 cm³/mol. The summed E-state index contributed by atoms with van der Waals surface area (Å²) in [5.41, 5.74) is 0. The molecule has 0 aromatic carbocycles. The lowest BCUT2D eigenvalue weighted by molar-refractivity contribution is 0.611. The fraction of sp³-hybridized carbons (Fsp3) is 0.429. The van der Waals surface area contributed by atoms with Crippen molar-refractivity contribution in [3.63, 3.8) is 0 Å². The van der Waals surface area contributed by atoms with Gasteiger partial charge in [0.2, 0.25) is 0 Å². The van der Waals surface area contributed by atoms with E-state index in [9.17, 15) is 8.42 Å². The Morgan fingerprint density at radius 2 is 2.17 bits per heavy atom. The summed E-state index contributed by atoms with van der Waals surface area (Å²) in [7, 11) is 1.65. The molecule has 0 saturated carbocycles. The molecule has 0 unspecified atom stereocenters. The summed E-state index contributed by atoms with van der Waals surface area (Å²) in [5, 5.41) is 0. The van der Waals surface area contributed by atoms with Crippen molar-refractivity contribution in [2.75, 3.05) is 0 Å². The van der Waals surface area contributed by atoms with E-state index in [0.29, 0.717) is 0 Å². The van der Waals surface area contributed by atoms with E-state index < -0.39 is 9.05 Å². The second kappa shape index (κ2) is 3.77. The highest BCUT2D eigenvalue weighted by molar-refractivity contribution is 8.15. The van der Waals surface area contributed by atoms with Crippen LogP contribution in [-0.2, 0) is 15.5 Å². The fourth-order valence-corrected chi connectivity index (χ4v) is 3.09. The Hall–Kier alpha value is -0.0600. The van der Waals surface area contributed by atoms with E-state index in [1.165, 1.54) is 11.3 Å². The first-order valence-electron chi connectivity index (χ1n) is 3.57. The summed E-state index contributed by atoms with van der Waals surface area (Å²) in [4.78, 5) is 1.07. The number of hydrogen-bond acceptors (Lipinski definition) is 3. The first-order valence-corrected chi connectivity index (χ1v) is 6.70. The van der Waals surface area contributed by atoms with E-state index in [1.807, 2.05) is 6.07 Å². The van der Waals surface area contributed by atoms with Gasteiger partial charge >= 0.3 is 0 Å². The van der Waals surface area contributed by atoms with Crippen molar-refractivity contribution in [3.05, 3.63) is 17.0 Å². The molecule has 0 aliphatic rings. The van der Waals surface area contributed by atoms with Crippen LogP contribution in [0.5, 0.6) is 0 Å². The summed E-state index contributed by atoms with van der Waals surface area (Å²) in [5.74, 6) is 0. The van der Waals surface area contributed by atoms with Crippen molar-refractivity contribution in [3.8, 4) is 0 Å². The lowest BCUT2D eigenvalue weighted by Crippen LogP contribution is -1.83. The smallest absolute Gasteiger partial charge is 0.206 e. The molecule has 12 heavy (non-hydrogen) atoms. The van der Waals surface area contributed by atoms with Crippen LogP contribution in [0.3, 0.4) is 0 Å². The lowest BCUT2D eigenvalue weighted by atomic mass is 10.3. The van der Waals surface area contributed by atoms with Crippen LogP contribution in [0.15, 0.2) is 16.3 Å². The van der Waals surface area contributed by atoms with Gasteiger partial charge in [0.05, 0.1) is 0 Å². The summed E-state index contributed by atoms with van der Waals surface area (Å²) in [6.07, 6.45) is 1.93. The zero-order valence-corrected chi connectivity index (χ0v) is 8.97. The van der Waals surface area contributed by atoms with Crippen LogP contribution in [0.2, 0.25) is 0 Å². The highest BCUT2D eigenvalue weighted by atomic mass is 35.7. The molecular weight excluding hydrogens is 216 g/mol. The Morgan fingerprint density at radius 1 is 1.50 bits per heavy atom. The standard InChI is InChI=1S/C7H9ClO2S2/c1-2-3-6-4-5-7(11-6)12(8,9)10/h4-5H,2-3H2,1H3. The lowest BCUT2D eigenvalue weighted by Gasteiger charge is -1.88. The molecule has 0 amide bonds. The van der Waals surface area contributed by atoms with Crippen LogP contribution in [0.25, 0.3) is 0 Å². The maximum Gasteiger partial charge on any atom is 0.270 e. The van der Waals surface area contributed by atoms with E-state index in [4.69, 9.17) is 10.7 Å². The van der Waals surface area contributed by atoms with Crippen molar-refractivity contribution in [2.24, 2.45) is 0 Å². The third kappa shape index (κ3) is 2.47. The minimum absolute atomic E-state index is 0.243. The Balaban J connectivity index is 2.92. The average molecular weight is 225 g/mol. The molecule has 0 aliphatic heterocycles. The molecule has 1 aromatic rings.